The molecule has 4 nitrogen and oxygen atoms in total. The molecule has 2 heterocycles. The van der Waals surface area contributed by atoms with E-state index in [1.54, 1.807) is 11.0 Å². The first-order valence-corrected chi connectivity index (χ1v) is 12.5. The Labute approximate surface area is 214 Å². The van der Waals surface area contributed by atoms with Crippen LogP contribution >= 0.6 is 0 Å². The molecule has 2 atom stereocenters. The quantitative estimate of drug-likeness (QED) is 0.311. The Morgan fingerprint density at radius 3 is 2.43 bits per heavy atom. The lowest BCUT2D eigenvalue weighted by atomic mass is 9.87. The van der Waals surface area contributed by atoms with Gasteiger partial charge in [0.15, 0.2) is 0 Å². The molecule has 4 rings (SSSR count). The summed E-state index contributed by atoms with van der Waals surface area (Å²) < 4.78 is 59.7. The van der Waals surface area contributed by atoms with Crippen molar-refractivity contribution >= 4 is 5.91 Å². The van der Waals surface area contributed by atoms with Crippen LogP contribution in [0, 0.1) is 24.6 Å². The lowest BCUT2D eigenvalue weighted by Gasteiger charge is -2.30. The Hall–Kier alpha value is -3.13. The zero-order chi connectivity index (χ0) is 26.7. The molecule has 198 valence electrons. The number of benzene rings is 2. The number of alkyl halides is 3. The zero-order valence-corrected chi connectivity index (χ0v) is 21.3. The summed E-state index contributed by atoms with van der Waals surface area (Å²) in [7, 11) is 0. The molecular formula is C29H32F4N2O2. The molecule has 0 aliphatic carbocycles. The third-order valence-corrected chi connectivity index (χ3v) is 6.75. The minimum Gasteiger partial charge on any atom is -0.465 e. The Morgan fingerprint density at radius 1 is 1.08 bits per heavy atom. The summed E-state index contributed by atoms with van der Waals surface area (Å²) >= 11 is 0. The van der Waals surface area contributed by atoms with Crippen molar-refractivity contribution in [3.63, 3.8) is 0 Å². The van der Waals surface area contributed by atoms with Gasteiger partial charge in [-0.25, -0.2) is 4.39 Å². The Kier molecular flexibility index (Phi) is 8.07. The van der Waals surface area contributed by atoms with Crippen LogP contribution in [0.1, 0.15) is 52.8 Å². The van der Waals surface area contributed by atoms with E-state index in [2.05, 4.69) is 4.90 Å². The van der Waals surface area contributed by atoms with Crippen molar-refractivity contribution in [2.24, 2.45) is 11.8 Å². The topological polar surface area (TPSA) is 36.7 Å². The van der Waals surface area contributed by atoms with Crippen molar-refractivity contribution in [3.05, 3.63) is 94.7 Å². The highest BCUT2D eigenvalue weighted by Gasteiger charge is 2.38. The molecule has 0 saturated carbocycles. The highest BCUT2D eigenvalue weighted by atomic mass is 19.4. The zero-order valence-electron chi connectivity index (χ0n) is 21.3. The number of hydrogen-bond acceptors (Lipinski definition) is 3. The summed E-state index contributed by atoms with van der Waals surface area (Å²) in [5, 5.41) is 0. The second kappa shape index (κ2) is 11.1. The molecule has 1 aromatic heterocycles. The molecule has 8 heteroatoms. The largest absolute Gasteiger partial charge is 0.465 e. The molecule has 0 unspecified atom stereocenters. The van der Waals surface area contributed by atoms with E-state index in [0.29, 0.717) is 43.9 Å². The SMILES string of the molecule is Cc1ccc(CN2C[C@H](CN(CC(C)C)C(=O)c3ccc(F)cc3)[C@@H](c3cccc(C(F)(F)F)c3)C2)o1. The van der Waals surface area contributed by atoms with Gasteiger partial charge >= 0.3 is 6.18 Å². The van der Waals surface area contributed by atoms with Crippen LogP contribution in [-0.4, -0.2) is 41.9 Å². The van der Waals surface area contributed by atoms with E-state index in [-0.39, 0.29) is 23.7 Å². The summed E-state index contributed by atoms with van der Waals surface area (Å²) in [5.74, 6) is 0.847. The van der Waals surface area contributed by atoms with Gasteiger partial charge in [0.1, 0.15) is 17.3 Å². The molecular weight excluding hydrogens is 484 g/mol. The standard InChI is InChI=1S/C29H32F4N2O2/c1-19(2)14-35(28(36)21-8-10-25(30)11-9-21)16-23-15-34(17-26-12-7-20(3)37-26)18-27(23)22-5-4-6-24(13-22)29(31,32)33/h4-13,19,23,27H,14-18H2,1-3H3/t23-,27-/m1/s1. The molecule has 1 aliphatic heterocycles. The van der Waals surface area contributed by atoms with Gasteiger partial charge in [0.25, 0.3) is 5.91 Å². The van der Waals surface area contributed by atoms with Gasteiger partial charge in [-0.1, -0.05) is 32.0 Å². The number of aryl methyl sites for hydroxylation is 1. The summed E-state index contributed by atoms with van der Waals surface area (Å²) in [6.07, 6.45) is -4.43. The number of furan rings is 1. The predicted molar refractivity (Wildman–Crippen MR) is 134 cm³/mol. The van der Waals surface area contributed by atoms with Gasteiger partial charge in [0.2, 0.25) is 0 Å². The van der Waals surface area contributed by atoms with Gasteiger partial charge in [-0.2, -0.15) is 13.2 Å². The molecule has 2 aromatic carbocycles. The van der Waals surface area contributed by atoms with E-state index in [1.165, 1.54) is 36.4 Å². The maximum Gasteiger partial charge on any atom is 0.416 e. The van der Waals surface area contributed by atoms with Crippen LogP contribution in [0.3, 0.4) is 0 Å². The average molecular weight is 517 g/mol. The van der Waals surface area contributed by atoms with Crippen LogP contribution in [0.5, 0.6) is 0 Å². The number of amides is 1. The summed E-state index contributed by atoms with van der Waals surface area (Å²) in [5.41, 5.74) is 0.320. The highest BCUT2D eigenvalue weighted by molar-refractivity contribution is 5.94. The number of halogens is 4. The predicted octanol–water partition coefficient (Wildman–Crippen LogP) is 6.76. The lowest BCUT2D eigenvalue weighted by Crippen LogP contribution is -2.39. The molecule has 0 radical (unpaired) electrons. The molecule has 3 aromatic rings. The minimum atomic E-state index is -4.43. The number of likely N-dealkylation sites (tertiary alicyclic amines) is 1. The van der Waals surface area contributed by atoms with E-state index in [9.17, 15) is 22.4 Å². The van der Waals surface area contributed by atoms with E-state index >= 15 is 0 Å². The van der Waals surface area contributed by atoms with E-state index in [4.69, 9.17) is 4.42 Å². The molecule has 0 N–H and O–H groups in total. The van der Waals surface area contributed by atoms with Gasteiger partial charge in [0, 0.05) is 37.7 Å². The number of hydrogen-bond donors (Lipinski definition) is 0. The first kappa shape index (κ1) is 26.9. The van der Waals surface area contributed by atoms with E-state index < -0.39 is 17.6 Å². The third kappa shape index (κ3) is 6.80. The van der Waals surface area contributed by atoms with Crippen molar-refractivity contribution in [2.75, 3.05) is 26.2 Å². The van der Waals surface area contributed by atoms with Gasteiger partial charge in [-0.05, 0) is 66.8 Å². The van der Waals surface area contributed by atoms with Crippen molar-refractivity contribution < 1.29 is 26.8 Å². The first-order valence-electron chi connectivity index (χ1n) is 12.5. The maximum atomic E-state index is 13.5. The smallest absolute Gasteiger partial charge is 0.416 e. The molecule has 1 fully saturated rings. The third-order valence-electron chi connectivity index (χ3n) is 6.75. The first-order chi connectivity index (χ1) is 17.5. The van der Waals surface area contributed by atoms with Crippen LogP contribution in [0.2, 0.25) is 0 Å². The van der Waals surface area contributed by atoms with E-state index in [0.717, 1.165) is 17.6 Å². The fourth-order valence-corrected chi connectivity index (χ4v) is 5.13. The van der Waals surface area contributed by atoms with Gasteiger partial charge in [-0.15, -0.1) is 0 Å². The normalized spacial score (nSPS) is 18.5. The summed E-state index contributed by atoms with van der Waals surface area (Å²) in [6, 6.07) is 14.7. The van der Waals surface area contributed by atoms with E-state index in [1.807, 2.05) is 32.9 Å². The molecule has 1 aliphatic rings. The van der Waals surface area contributed by atoms with Gasteiger partial charge < -0.3 is 9.32 Å². The van der Waals surface area contributed by atoms with Crippen LogP contribution in [-0.2, 0) is 12.7 Å². The fourth-order valence-electron chi connectivity index (χ4n) is 5.13. The fraction of sp³-hybridized carbons (Fsp3) is 0.414. The lowest BCUT2D eigenvalue weighted by molar-refractivity contribution is -0.137. The van der Waals surface area contributed by atoms with Crippen molar-refractivity contribution in [1.82, 2.24) is 9.80 Å². The maximum absolute atomic E-state index is 13.5. The van der Waals surface area contributed by atoms with Crippen LogP contribution in [0.15, 0.2) is 65.1 Å². The number of carbonyl (C=O) groups excluding carboxylic acids is 1. The molecule has 0 spiro atoms. The number of rotatable bonds is 8. The van der Waals surface area contributed by atoms with Gasteiger partial charge in [0.05, 0.1) is 12.1 Å². The monoisotopic (exact) mass is 516 g/mol. The summed E-state index contributed by atoms with van der Waals surface area (Å²) in [4.78, 5) is 17.3. The molecule has 1 amide bonds. The second-order valence-electron chi connectivity index (χ2n) is 10.3. The number of carbonyl (C=O) groups is 1. The number of nitrogens with zero attached hydrogens (tertiary/aromatic N) is 2. The summed E-state index contributed by atoms with van der Waals surface area (Å²) in [6.45, 7) is 8.44. The van der Waals surface area contributed by atoms with Crippen molar-refractivity contribution in [1.29, 1.82) is 0 Å². The highest BCUT2D eigenvalue weighted by Crippen LogP contribution is 2.37. The van der Waals surface area contributed by atoms with Crippen LogP contribution in [0.4, 0.5) is 17.6 Å². The van der Waals surface area contributed by atoms with Crippen molar-refractivity contribution in [3.8, 4) is 0 Å². The molecule has 0 bridgehead atoms. The average Bonchev–Trinajstić information content (AvgIpc) is 3.43. The van der Waals surface area contributed by atoms with Crippen molar-refractivity contribution in [2.45, 2.75) is 39.4 Å². The second-order valence-corrected chi connectivity index (χ2v) is 10.3. The Morgan fingerprint density at radius 2 is 1.81 bits per heavy atom. The van der Waals surface area contributed by atoms with Crippen LogP contribution < -0.4 is 0 Å². The Bertz CT molecular complexity index is 1200. The molecule has 37 heavy (non-hydrogen) atoms. The van der Waals surface area contributed by atoms with Crippen LogP contribution in [0.25, 0.3) is 0 Å². The molecule has 1 saturated heterocycles. The Balaban J connectivity index is 1.62. The minimum absolute atomic E-state index is 0.0947. The van der Waals surface area contributed by atoms with Gasteiger partial charge in [-0.3, -0.25) is 9.69 Å².